The summed E-state index contributed by atoms with van der Waals surface area (Å²) < 4.78 is 5.35. The van der Waals surface area contributed by atoms with Crippen LogP contribution in [0.2, 0.25) is 0 Å². The molecule has 1 aromatic rings. The predicted molar refractivity (Wildman–Crippen MR) is 92.3 cm³/mol. The van der Waals surface area contributed by atoms with Crippen molar-refractivity contribution in [3.8, 4) is 0 Å². The zero-order valence-corrected chi connectivity index (χ0v) is 13.6. The molecular formula is C17H18N2O3S. The molecule has 2 aliphatic rings. The summed E-state index contributed by atoms with van der Waals surface area (Å²) >= 11 is 0.973. The lowest BCUT2D eigenvalue weighted by molar-refractivity contribution is -0.122. The first-order valence-electron chi connectivity index (χ1n) is 7.48. The van der Waals surface area contributed by atoms with Gasteiger partial charge in [0.25, 0.3) is 11.1 Å². The monoisotopic (exact) mass is 330 g/mol. The Labute approximate surface area is 139 Å². The first kappa shape index (κ1) is 15.8. The van der Waals surface area contributed by atoms with Crippen LogP contribution in [-0.4, -0.2) is 48.9 Å². The zero-order valence-electron chi connectivity index (χ0n) is 12.7. The highest BCUT2D eigenvalue weighted by Gasteiger charge is 2.33. The Morgan fingerprint density at radius 3 is 2.52 bits per heavy atom. The van der Waals surface area contributed by atoms with E-state index in [1.165, 1.54) is 4.90 Å². The van der Waals surface area contributed by atoms with Gasteiger partial charge in [0.15, 0.2) is 0 Å². The van der Waals surface area contributed by atoms with Crippen molar-refractivity contribution in [2.45, 2.75) is 0 Å². The average Bonchev–Trinajstić information content (AvgIpc) is 2.84. The molecule has 5 nitrogen and oxygen atoms in total. The molecule has 2 saturated heterocycles. The average molecular weight is 330 g/mol. The van der Waals surface area contributed by atoms with Crippen molar-refractivity contribution in [3.63, 3.8) is 0 Å². The lowest BCUT2D eigenvalue weighted by atomic mass is 10.1. The number of hydrogen-bond donors (Lipinski definition) is 0. The SMILES string of the molecule is C=CCN1C(=O)S/C(=C\c2ccc(N3CCOCC3)cc2)C1=O. The van der Waals surface area contributed by atoms with E-state index in [0.717, 1.165) is 49.3 Å². The molecule has 0 aromatic heterocycles. The highest BCUT2D eigenvalue weighted by molar-refractivity contribution is 8.18. The number of benzene rings is 1. The standard InChI is InChI=1S/C17H18N2O3S/c1-2-7-19-16(20)15(23-17(19)21)12-13-3-5-14(6-4-13)18-8-10-22-11-9-18/h2-6,12H,1,7-11H2/b15-12-. The maximum atomic E-state index is 12.2. The van der Waals surface area contributed by atoms with E-state index in [1.807, 2.05) is 24.3 Å². The van der Waals surface area contributed by atoms with Crippen molar-refractivity contribution in [2.24, 2.45) is 0 Å². The van der Waals surface area contributed by atoms with Crippen LogP contribution in [0.25, 0.3) is 6.08 Å². The van der Waals surface area contributed by atoms with Crippen LogP contribution in [0, 0.1) is 0 Å². The lowest BCUT2D eigenvalue weighted by Gasteiger charge is -2.28. The van der Waals surface area contributed by atoms with Gasteiger partial charge in [-0.1, -0.05) is 18.2 Å². The third kappa shape index (κ3) is 3.48. The molecule has 1 aromatic carbocycles. The van der Waals surface area contributed by atoms with E-state index in [4.69, 9.17) is 4.74 Å². The Morgan fingerprint density at radius 1 is 1.17 bits per heavy atom. The molecule has 2 fully saturated rings. The molecule has 0 atom stereocenters. The third-order valence-corrected chi connectivity index (χ3v) is 4.66. The van der Waals surface area contributed by atoms with Crippen LogP contribution in [0.1, 0.15) is 5.56 Å². The normalized spacial score (nSPS) is 20.4. The Balaban J connectivity index is 1.73. The highest BCUT2D eigenvalue weighted by atomic mass is 32.2. The number of nitrogens with zero attached hydrogens (tertiary/aromatic N) is 2. The Bertz CT molecular complexity index is 648. The summed E-state index contributed by atoms with van der Waals surface area (Å²) in [5, 5.41) is -0.244. The fourth-order valence-electron chi connectivity index (χ4n) is 2.54. The van der Waals surface area contributed by atoms with Crippen LogP contribution in [0.4, 0.5) is 10.5 Å². The Kier molecular flexibility index (Phi) is 4.83. The van der Waals surface area contributed by atoms with E-state index < -0.39 is 0 Å². The van der Waals surface area contributed by atoms with Gasteiger partial charge in [-0.05, 0) is 35.5 Å². The fourth-order valence-corrected chi connectivity index (χ4v) is 3.39. The van der Waals surface area contributed by atoms with E-state index in [0.29, 0.717) is 4.91 Å². The number of hydrogen-bond acceptors (Lipinski definition) is 5. The fraction of sp³-hybridized carbons (Fsp3) is 0.294. The van der Waals surface area contributed by atoms with E-state index in [1.54, 1.807) is 12.2 Å². The molecule has 23 heavy (non-hydrogen) atoms. The summed E-state index contributed by atoms with van der Waals surface area (Å²) in [7, 11) is 0. The van der Waals surface area contributed by atoms with Crippen LogP contribution < -0.4 is 4.90 Å². The van der Waals surface area contributed by atoms with Gasteiger partial charge in [-0.15, -0.1) is 6.58 Å². The minimum Gasteiger partial charge on any atom is -0.378 e. The second-order valence-corrected chi connectivity index (χ2v) is 6.27. The quantitative estimate of drug-likeness (QED) is 0.627. The molecule has 0 bridgehead atoms. The number of amides is 2. The number of imide groups is 1. The topological polar surface area (TPSA) is 49.9 Å². The summed E-state index contributed by atoms with van der Waals surface area (Å²) in [6, 6.07) is 7.99. The van der Waals surface area contributed by atoms with Gasteiger partial charge in [0, 0.05) is 25.3 Å². The molecule has 2 heterocycles. The van der Waals surface area contributed by atoms with Crippen LogP contribution in [-0.2, 0) is 9.53 Å². The summed E-state index contributed by atoms with van der Waals surface area (Å²) in [5.74, 6) is -0.253. The molecule has 6 heteroatoms. The third-order valence-electron chi connectivity index (χ3n) is 3.75. The minimum atomic E-state index is -0.253. The molecule has 120 valence electrons. The molecule has 2 amide bonds. The van der Waals surface area contributed by atoms with Gasteiger partial charge in [0.2, 0.25) is 0 Å². The van der Waals surface area contributed by atoms with Crippen LogP contribution in [0.15, 0.2) is 41.8 Å². The predicted octanol–water partition coefficient (Wildman–Crippen LogP) is 2.75. The summed E-state index contributed by atoms with van der Waals surface area (Å²) in [6.45, 7) is 7.09. The molecule has 3 rings (SSSR count). The minimum absolute atomic E-state index is 0.244. The van der Waals surface area contributed by atoms with Crippen molar-refractivity contribution >= 4 is 34.7 Å². The number of carbonyl (C=O) groups excluding carboxylic acids is 2. The second-order valence-electron chi connectivity index (χ2n) is 5.27. The summed E-state index contributed by atoms with van der Waals surface area (Å²) in [6.07, 6.45) is 3.31. The van der Waals surface area contributed by atoms with E-state index in [9.17, 15) is 9.59 Å². The van der Waals surface area contributed by atoms with Crippen molar-refractivity contribution in [1.29, 1.82) is 0 Å². The van der Waals surface area contributed by atoms with Gasteiger partial charge in [0.1, 0.15) is 0 Å². The number of thioether (sulfide) groups is 1. The van der Waals surface area contributed by atoms with Gasteiger partial charge in [-0.3, -0.25) is 14.5 Å². The van der Waals surface area contributed by atoms with Crippen molar-refractivity contribution in [2.75, 3.05) is 37.7 Å². The van der Waals surface area contributed by atoms with Crippen LogP contribution in [0.5, 0.6) is 0 Å². The summed E-state index contributed by atoms with van der Waals surface area (Å²) in [5.41, 5.74) is 2.05. The van der Waals surface area contributed by atoms with E-state index in [2.05, 4.69) is 11.5 Å². The first-order chi connectivity index (χ1) is 11.2. The smallest absolute Gasteiger partial charge is 0.293 e. The van der Waals surface area contributed by atoms with Gasteiger partial charge in [-0.25, -0.2) is 0 Å². The van der Waals surface area contributed by atoms with Crippen LogP contribution >= 0.6 is 11.8 Å². The second kappa shape index (κ2) is 7.02. The van der Waals surface area contributed by atoms with Gasteiger partial charge in [0.05, 0.1) is 18.1 Å². The maximum Gasteiger partial charge on any atom is 0.293 e. The molecule has 0 spiro atoms. The van der Waals surface area contributed by atoms with Crippen molar-refractivity contribution in [3.05, 3.63) is 47.4 Å². The number of rotatable bonds is 4. The molecular weight excluding hydrogens is 312 g/mol. The van der Waals surface area contributed by atoms with Crippen molar-refractivity contribution < 1.29 is 14.3 Å². The number of anilines is 1. The molecule has 2 aliphatic heterocycles. The Morgan fingerprint density at radius 2 is 1.87 bits per heavy atom. The number of morpholine rings is 1. The molecule has 0 N–H and O–H groups in total. The van der Waals surface area contributed by atoms with Gasteiger partial charge < -0.3 is 9.64 Å². The molecule has 0 radical (unpaired) electrons. The number of carbonyl (C=O) groups is 2. The van der Waals surface area contributed by atoms with Crippen LogP contribution in [0.3, 0.4) is 0 Å². The largest absolute Gasteiger partial charge is 0.378 e. The molecule has 0 saturated carbocycles. The Hall–Kier alpha value is -2.05. The van der Waals surface area contributed by atoms with Crippen molar-refractivity contribution in [1.82, 2.24) is 4.90 Å². The maximum absolute atomic E-state index is 12.2. The lowest BCUT2D eigenvalue weighted by Crippen LogP contribution is -2.36. The molecule has 0 unspecified atom stereocenters. The highest BCUT2D eigenvalue weighted by Crippen LogP contribution is 2.32. The number of ether oxygens (including phenoxy) is 1. The molecule has 0 aliphatic carbocycles. The van der Waals surface area contributed by atoms with E-state index >= 15 is 0 Å². The zero-order chi connectivity index (χ0) is 16.2. The van der Waals surface area contributed by atoms with Gasteiger partial charge in [-0.2, -0.15) is 0 Å². The van der Waals surface area contributed by atoms with E-state index in [-0.39, 0.29) is 17.7 Å². The summed E-state index contributed by atoms with van der Waals surface area (Å²) in [4.78, 5) is 27.9. The van der Waals surface area contributed by atoms with Gasteiger partial charge >= 0.3 is 0 Å². The first-order valence-corrected chi connectivity index (χ1v) is 8.30.